The lowest BCUT2D eigenvalue weighted by Crippen LogP contribution is -2.74. The number of hydrogen-bond donors (Lipinski definition) is 0. The zero-order chi connectivity index (χ0) is 38.1. The van der Waals surface area contributed by atoms with Crippen LogP contribution in [0.15, 0.2) is 0 Å². The molecular weight excluding hydrogens is 735 g/mol. The summed E-state index contributed by atoms with van der Waals surface area (Å²) in [6.45, 7) is 1.99. The van der Waals surface area contributed by atoms with Gasteiger partial charge in [-0.15, -0.1) is 0 Å². The largest absolute Gasteiger partial charge is 0.460 e. The van der Waals surface area contributed by atoms with Crippen molar-refractivity contribution in [2.45, 2.75) is 118 Å². The molecule has 0 aromatic heterocycles. The van der Waals surface area contributed by atoms with Gasteiger partial charge < -0.3 is 0 Å². The Labute approximate surface area is 263 Å². The molecule has 0 spiro atoms. The Bertz CT molecular complexity index is 1320. The van der Waals surface area contributed by atoms with Crippen LogP contribution in [0.25, 0.3) is 0 Å². The molecule has 2 aliphatic rings. The quantitative estimate of drug-likeness (QED) is 0.165. The zero-order valence-electron chi connectivity index (χ0n) is 24.6. The molecule has 21 heteroatoms. The van der Waals surface area contributed by atoms with Gasteiger partial charge in [-0.3, -0.25) is 0 Å². The molecule has 0 heterocycles. The monoisotopic (exact) mass is 760 g/mol. The molecule has 2 aliphatic carbocycles. The number of benzene rings is 1. The molecule has 0 radical (unpaired) electrons. The molecule has 0 unspecified atom stereocenters. The molecule has 1 aromatic carbocycles. The first kappa shape index (κ1) is 41.2. The average Bonchev–Trinajstić information content (AvgIpc) is 2.99. The van der Waals surface area contributed by atoms with E-state index in [-0.39, 0.29) is 37.5 Å². The Morgan fingerprint density at radius 2 is 0.755 bits per heavy atom. The third-order valence-electron chi connectivity index (χ3n) is 9.65. The van der Waals surface area contributed by atoms with Gasteiger partial charge in [0.15, 0.2) is 23.3 Å². The fourth-order valence-electron chi connectivity index (χ4n) is 6.55. The van der Waals surface area contributed by atoms with Gasteiger partial charge >= 0.3 is 47.6 Å². The minimum absolute atomic E-state index is 0.0531. The normalized spacial score (nSPS) is 24.4. The highest BCUT2D eigenvalue weighted by atomic mass is 19.4. The summed E-state index contributed by atoms with van der Waals surface area (Å²) in [6.07, 6.45) is -3.91. The van der Waals surface area contributed by atoms with E-state index in [1.54, 1.807) is 0 Å². The predicted molar refractivity (Wildman–Crippen MR) is 126 cm³/mol. The smallest absolute Gasteiger partial charge is 0.203 e. The van der Waals surface area contributed by atoms with Crippen molar-refractivity contribution < 1.29 is 92.2 Å². The standard InChI is InChI=1S/C28H25F21/c1-2-11-3-5-12(6-4-11)13-7-9-14(10-8-13)15-17(29)19(31)16(20(32)18(15)30)21(33,34)22(35,36)23(37,38)24(39,40)25(41,42)26(43,44)27(45,46)28(47,48)49/h11-14H,2-10H2,1H3/t11-,12-,13-,14-. The van der Waals surface area contributed by atoms with Crippen molar-refractivity contribution in [3.05, 3.63) is 34.4 Å². The first-order valence-corrected chi connectivity index (χ1v) is 14.5. The van der Waals surface area contributed by atoms with Crippen LogP contribution < -0.4 is 0 Å². The van der Waals surface area contributed by atoms with Gasteiger partial charge in [0.05, 0.1) is 0 Å². The first-order chi connectivity index (χ1) is 21.9. The first-order valence-electron chi connectivity index (χ1n) is 14.5. The lowest BCUT2D eigenvalue weighted by atomic mass is 9.68. The number of hydrogen-bond acceptors (Lipinski definition) is 0. The average molecular weight is 760 g/mol. The highest BCUT2D eigenvalue weighted by Gasteiger charge is 2.95. The summed E-state index contributed by atoms with van der Waals surface area (Å²) in [5, 5.41) is 0. The minimum atomic E-state index is -9.02. The van der Waals surface area contributed by atoms with Gasteiger partial charge in [0, 0.05) is 5.56 Å². The van der Waals surface area contributed by atoms with E-state index in [1.807, 2.05) is 6.92 Å². The second-order valence-corrected chi connectivity index (χ2v) is 12.4. The fraction of sp³-hybridized carbons (Fsp3) is 0.786. The minimum Gasteiger partial charge on any atom is -0.203 e. The maximum Gasteiger partial charge on any atom is 0.460 e. The van der Waals surface area contributed by atoms with Crippen molar-refractivity contribution in [1.29, 1.82) is 0 Å². The van der Waals surface area contributed by atoms with E-state index in [9.17, 15) is 92.2 Å². The van der Waals surface area contributed by atoms with Crippen molar-refractivity contribution in [2.75, 3.05) is 0 Å². The van der Waals surface area contributed by atoms with E-state index in [1.165, 1.54) is 0 Å². The summed E-state index contributed by atoms with van der Waals surface area (Å²) in [4.78, 5) is 0. The summed E-state index contributed by atoms with van der Waals surface area (Å²) in [6, 6.07) is 0. The van der Waals surface area contributed by atoms with Gasteiger partial charge in [-0.05, 0) is 62.2 Å². The molecule has 49 heavy (non-hydrogen) atoms. The predicted octanol–water partition coefficient (Wildman–Crippen LogP) is 12.2. The van der Waals surface area contributed by atoms with E-state index in [0.717, 1.165) is 32.1 Å². The highest BCUT2D eigenvalue weighted by Crippen LogP contribution is 2.65. The van der Waals surface area contributed by atoms with E-state index in [2.05, 4.69) is 0 Å². The van der Waals surface area contributed by atoms with E-state index < -0.39 is 87.9 Å². The summed E-state index contributed by atoms with van der Waals surface area (Å²) < 4.78 is 291. The van der Waals surface area contributed by atoms with E-state index >= 15 is 0 Å². The molecule has 1 aromatic rings. The Hall–Kier alpha value is -2.25. The topological polar surface area (TPSA) is 0 Å². The van der Waals surface area contributed by atoms with E-state index in [4.69, 9.17) is 0 Å². The third-order valence-corrected chi connectivity index (χ3v) is 9.65. The summed E-state index contributed by atoms with van der Waals surface area (Å²) in [7, 11) is 0. The van der Waals surface area contributed by atoms with Gasteiger partial charge in [0.2, 0.25) is 0 Å². The zero-order valence-corrected chi connectivity index (χ0v) is 24.6. The van der Waals surface area contributed by atoms with Crippen molar-refractivity contribution in [3.63, 3.8) is 0 Å². The van der Waals surface area contributed by atoms with Crippen LogP contribution in [0.1, 0.15) is 81.8 Å². The number of alkyl halides is 17. The van der Waals surface area contributed by atoms with Crippen LogP contribution in [0, 0.1) is 41.0 Å². The number of rotatable bonds is 10. The van der Waals surface area contributed by atoms with Crippen LogP contribution in [0.3, 0.4) is 0 Å². The van der Waals surface area contributed by atoms with Gasteiger partial charge in [-0.2, -0.15) is 74.6 Å². The molecule has 0 saturated heterocycles. The van der Waals surface area contributed by atoms with Crippen molar-refractivity contribution in [3.8, 4) is 0 Å². The number of halogens is 21. The molecule has 3 rings (SSSR count). The van der Waals surface area contributed by atoms with Gasteiger partial charge in [0.1, 0.15) is 5.56 Å². The Morgan fingerprint density at radius 3 is 1.10 bits per heavy atom. The molecule has 0 N–H and O–H groups in total. The molecule has 2 fully saturated rings. The third kappa shape index (κ3) is 6.01. The maximum atomic E-state index is 15.0. The Balaban J connectivity index is 2.02. The lowest BCUT2D eigenvalue weighted by Gasteiger charge is -2.43. The fourth-order valence-corrected chi connectivity index (χ4v) is 6.55. The Morgan fingerprint density at radius 1 is 0.429 bits per heavy atom. The summed E-state index contributed by atoms with van der Waals surface area (Å²) in [5.41, 5.74) is -5.81. The van der Waals surface area contributed by atoms with Crippen LogP contribution in [0.4, 0.5) is 92.2 Å². The van der Waals surface area contributed by atoms with Crippen molar-refractivity contribution in [2.24, 2.45) is 17.8 Å². The van der Waals surface area contributed by atoms with Crippen molar-refractivity contribution in [1.82, 2.24) is 0 Å². The van der Waals surface area contributed by atoms with Crippen LogP contribution >= 0.6 is 0 Å². The molecule has 0 atom stereocenters. The van der Waals surface area contributed by atoms with Crippen LogP contribution in [0.5, 0.6) is 0 Å². The molecular formula is C28H25F21. The maximum absolute atomic E-state index is 15.0. The van der Waals surface area contributed by atoms with Crippen molar-refractivity contribution >= 4 is 0 Å². The molecule has 0 amide bonds. The lowest BCUT2D eigenvalue weighted by molar-refractivity contribution is -0.463. The molecule has 2 saturated carbocycles. The molecule has 0 bridgehead atoms. The summed E-state index contributed by atoms with van der Waals surface area (Å²) >= 11 is 0. The van der Waals surface area contributed by atoms with Crippen LogP contribution in [0.2, 0.25) is 0 Å². The van der Waals surface area contributed by atoms with Crippen LogP contribution in [-0.4, -0.2) is 41.7 Å². The van der Waals surface area contributed by atoms with Crippen LogP contribution in [-0.2, 0) is 5.92 Å². The summed E-state index contributed by atoms with van der Waals surface area (Å²) in [5.74, 6) is -74.5. The SMILES string of the molecule is CC[C@H]1CC[C@H]([C@H]2CC[C@H](c3c(F)c(F)c(C(F)(F)C(F)(F)C(F)(F)C(F)(F)C(F)(F)C(F)(F)C(F)(F)C(F)(F)F)c(F)c3F)CC2)CC1. The highest BCUT2D eigenvalue weighted by molar-refractivity contribution is 5.37. The van der Waals surface area contributed by atoms with Gasteiger partial charge in [-0.1, -0.05) is 26.2 Å². The van der Waals surface area contributed by atoms with E-state index in [0.29, 0.717) is 5.92 Å². The second kappa shape index (κ2) is 12.8. The second-order valence-electron chi connectivity index (χ2n) is 12.4. The van der Waals surface area contributed by atoms with Gasteiger partial charge in [0.25, 0.3) is 0 Å². The molecule has 0 nitrogen and oxygen atoms in total. The molecule has 284 valence electrons. The molecule has 0 aliphatic heterocycles. The van der Waals surface area contributed by atoms with Gasteiger partial charge in [-0.25, -0.2) is 17.6 Å². The Kier molecular flexibility index (Phi) is 10.7.